The summed E-state index contributed by atoms with van der Waals surface area (Å²) in [7, 11) is 3.97. The molecule has 0 spiro atoms. The van der Waals surface area contributed by atoms with E-state index in [1.807, 2.05) is 0 Å². The Bertz CT molecular complexity index is 1260. The van der Waals surface area contributed by atoms with E-state index in [1.54, 1.807) is 0 Å². The van der Waals surface area contributed by atoms with Gasteiger partial charge in [-0.2, -0.15) is 26.3 Å². The van der Waals surface area contributed by atoms with Crippen LogP contribution in [0, 0.1) is 23.7 Å². The molecular weight excluding hydrogens is 594 g/mol. The van der Waals surface area contributed by atoms with E-state index in [4.69, 9.17) is 24.1 Å². The molecule has 0 atom stereocenters. The van der Waals surface area contributed by atoms with Crippen molar-refractivity contribution in [2.45, 2.75) is 38.0 Å². The molecule has 0 aliphatic heterocycles. The monoisotopic (exact) mass is 624 g/mol. The lowest BCUT2D eigenvalue weighted by Gasteiger charge is -2.36. The van der Waals surface area contributed by atoms with Gasteiger partial charge >= 0.3 is 24.3 Å². The van der Waals surface area contributed by atoms with Gasteiger partial charge in [-0.1, -0.05) is 0 Å². The van der Waals surface area contributed by atoms with Crippen LogP contribution in [0.15, 0.2) is 24.5 Å². The number of methoxy groups -OCH3 is 3. The van der Waals surface area contributed by atoms with Crippen molar-refractivity contribution in [1.82, 2.24) is 9.97 Å². The summed E-state index contributed by atoms with van der Waals surface area (Å²) < 4.78 is 99.7. The standard InChI is InChI=1S/C14H16F3NO4.C13H14F3NO4/c1-20-11-5-10(13(19)21-2)18-6-12(11)22-7-8-3-9(4-8)14(15,16)17;1-20-10-4-9(12(18)19)17-5-11(10)21-6-7-2-8(3-7)13(14,15)16/h5-6,8-9H,3-4,7H2,1-2H3;4-5,7-8H,2-3,6H2,1H3,(H,18,19). The second-order valence-electron chi connectivity index (χ2n) is 10.0. The summed E-state index contributed by atoms with van der Waals surface area (Å²) in [6, 6.07) is 2.57. The lowest BCUT2D eigenvalue weighted by Crippen LogP contribution is -2.38. The smallest absolute Gasteiger partial charge is 0.391 e. The second-order valence-corrected chi connectivity index (χ2v) is 10.0. The van der Waals surface area contributed by atoms with Crippen molar-refractivity contribution in [2.75, 3.05) is 34.5 Å². The first-order valence-corrected chi connectivity index (χ1v) is 12.9. The van der Waals surface area contributed by atoms with Gasteiger partial charge in [0, 0.05) is 12.1 Å². The van der Waals surface area contributed by atoms with Crippen molar-refractivity contribution in [3.05, 3.63) is 35.9 Å². The number of esters is 1. The summed E-state index contributed by atoms with van der Waals surface area (Å²) in [5, 5.41) is 8.80. The van der Waals surface area contributed by atoms with Crippen LogP contribution in [-0.4, -0.2) is 73.9 Å². The number of carbonyl (C=O) groups is 2. The molecule has 0 radical (unpaired) electrons. The zero-order chi connectivity index (χ0) is 31.9. The number of carbonyl (C=O) groups excluding carboxylic acids is 1. The van der Waals surface area contributed by atoms with Crippen LogP contribution in [0.2, 0.25) is 0 Å². The quantitative estimate of drug-likeness (QED) is 0.264. The van der Waals surface area contributed by atoms with Crippen LogP contribution in [0.4, 0.5) is 26.3 Å². The number of aromatic nitrogens is 2. The van der Waals surface area contributed by atoms with E-state index in [-0.39, 0.29) is 85.1 Å². The molecule has 2 aromatic rings. The molecule has 0 amide bonds. The van der Waals surface area contributed by atoms with Crippen LogP contribution in [0.5, 0.6) is 23.0 Å². The van der Waals surface area contributed by atoms with Crippen LogP contribution in [-0.2, 0) is 4.74 Å². The highest BCUT2D eigenvalue weighted by atomic mass is 19.4. The highest BCUT2D eigenvalue weighted by molar-refractivity contribution is 5.87. The van der Waals surface area contributed by atoms with Gasteiger partial charge in [0.2, 0.25) is 0 Å². The van der Waals surface area contributed by atoms with E-state index in [1.165, 1.54) is 45.9 Å². The Morgan fingerprint density at radius 1 is 0.744 bits per heavy atom. The van der Waals surface area contributed by atoms with Gasteiger partial charge in [-0.15, -0.1) is 0 Å². The minimum Gasteiger partial charge on any atom is -0.493 e. The number of ether oxygens (including phenoxy) is 5. The Morgan fingerprint density at radius 2 is 1.14 bits per heavy atom. The Hall–Kier alpha value is -3.98. The first kappa shape index (κ1) is 33.5. The average molecular weight is 625 g/mol. The fourth-order valence-corrected chi connectivity index (χ4v) is 4.41. The third-order valence-corrected chi connectivity index (χ3v) is 7.06. The zero-order valence-corrected chi connectivity index (χ0v) is 23.3. The maximum atomic E-state index is 12.4. The average Bonchev–Trinajstić information content (AvgIpc) is 2.89. The summed E-state index contributed by atoms with van der Waals surface area (Å²) in [5.74, 6) is -3.64. The third kappa shape index (κ3) is 9.00. The predicted molar refractivity (Wildman–Crippen MR) is 135 cm³/mol. The first-order chi connectivity index (χ1) is 20.2. The molecule has 1 N–H and O–H groups in total. The molecule has 2 fully saturated rings. The van der Waals surface area contributed by atoms with Gasteiger partial charge in [-0.3, -0.25) is 0 Å². The summed E-state index contributed by atoms with van der Waals surface area (Å²) in [4.78, 5) is 29.7. The second kappa shape index (κ2) is 14.0. The van der Waals surface area contributed by atoms with Crippen LogP contribution in [0.1, 0.15) is 46.7 Å². The fourth-order valence-electron chi connectivity index (χ4n) is 4.41. The maximum Gasteiger partial charge on any atom is 0.391 e. The van der Waals surface area contributed by atoms with Gasteiger partial charge in [0.25, 0.3) is 0 Å². The molecule has 2 aliphatic carbocycles. The van der Waals surface area contributed by atoms with Crippen LogP contribution >= 0.6 is 0 Å². The van der Waals surface area contributed by atoms with E-state index in [9.17, 15) is 35.9 Å². The van der Waals surface area contributed by atoms with Crippen molar-refractivity contribution in [1.29, 1.82) is 0 Å². The molecule has 238 valence electrons. The number of halogens is 6. The van der Waals surface area contributed by atoms with Crippen molar-refractivity contribution in [2.24, 2.45) is 23.7 Å². The summed E-state index contributed by atoms with van der Waals surface area (Å²) >= 11 is 0. The van der Waals surface area contributed by atoms with E-state index in [2.05, 4.69) is 14.7 Å². The molecule has 10 nitrogen and oxygen atoms in total. The van der Waals surface area contributed by atoms with Crippen molar-refractivity contribution in [3.63, 3.8) is 0 Å². The lowest BCUT2D eigenvalue weighted by atomic mass is 9.75. The molecule has 0 unspecified atom stereocenters. The minimum absolute atomic E-state index is 0.0481. The third-order valence-electron chi connectivity index (χ3n) is 7.06. The van der Waals surface area contributed by atoms with Gasteiger partial charge in [0.05, 0.1) is 58.8 Å². The molecule has 2 aromatic heterocycles. The highest BCUT2D eigenvalue weighted by Crippen LogP contribution is 2.46. The number of nitrogens with zero attached hydrogens (tertiary/aromatic N) is 2. The lowest BCUT2D eigenvalue weighted by molar-refractivity contribution is -0.207. The SMILES string of the molecule is COC(=O)c1cc(OC)c(OCC2CC(C(F)(F)F)C2)cn1.COc1cc(C(=O)O)ncc1OCC1CC(C(F)(F)F)C1. The van der Waals surface area contributed by atoms with Gasteiger partial charge in [-0.25, -0.2) is 19.6 Å². The number of alkyl halides is 6. The van der Waals surface area contributed by atoms with E-state index in [0.29, 0.717) is 0 Å². The molecule has 2 heterocycles. The summed E-state index contributed by atoms with van der Waals surface area (Å²) in [6.45, 7) is 0.277. The Labute approximate surface area is 242 Å². The summed E-state index contributed by atoms with van der Waals surface area (Å²) in [6.07, 6.45) is -5.54. The molecule has 4 rings (SSSR count). The fraction of sp³-hybridized carbons (Fsp3) is 0.556. The molecular formula is C27H30F6N2O8. The van der Waals surface area contributed by atoms with Gasteiger partial charge in [0.1, 0.15) is 0 Å². The number of aromatic carboxylic acids is 1. The molecule has 0 bridgehead atoms. The molecule has 0 saturated heterocycles. The highest BCUT2D eigenvalue weighted by Gasteiger charge is 2.48. The first-order valence-electron chi connectivity index (χ1n) is 12.9. The molecule has 2 aliphatic rings. The molecule has 43 heavy (non-hydrogen) atoms. The van der Waals surface area contributed by atoms with E-state index >= 15 is 0 Å². The van der Waals surface area contributed by atoms with Gasteiger partial charge < -0.3 is 28.8 Å². The van der Waals surface area contributed by atoms with Crippen molar-refractivity contribution < 1.29 is 64.7 Å². The van der Waals surface area contributed by atoms with Crippen LogP contribution < -0.4 is 18.9 Å². The van der Waals surface area contributed by atoms with Crippen molar-refractivity contribution >= 4 is 11.9 Å². The van der Waals surface area contributed by atoms with Gasteiger partial charge in [0.15, 0.2) is 34.4 Å². The van der Waals surface area contributed by atoms with E-state index < -0.39 is 36.1 Å². The Kier molecular flexibility index (Phi) is 10.9. The predicted octanol–water partition coefficient (Wildman–Crippen LogP) is 5.60. The number of hydrogen-bond acceptors (Lipinski definition) is 9. The number of carboxylic acids is 1. The summed E-state index contributed by atoms with van der Waals surface area (Å²) in [5.41, 5.74) is -0.132. The minimum atomic E-state index is -4.14. The zero-order valence-electron chi connectivity index (χ0n) is 23.3. The number of rotatable bonds is 10. The normalized spacial score (nSPS) is 21.2. The topological polar surface area (TPSA) is 126 Å². The van der Waals surface area contributed by atoms with Crippen molar-refractivity contribution in [3.8, 4) is 23.0 Å². The largest absolute Gasteiger partial charge is 0.493 e. The molecule has 16 heteroatoms. The maximum absolute atomic E-state index is 12.4. The Morgan fingerprint density at radius 3 is 1.49 bits per heavy atom. The van der Waals surface area contributed by atoms with E-state index in [0.717, 1.165) is 0 Å². The van der Waals surface area contributed by atoms with Gasteiger partial charge in [-0.05, 0) is 37.5 Å². The Balaban J connectivity index is 0.000000236. The molecule has 2 saturated carbocycles. The number of pyridine rings is 2. The number of carboxylic acid groups (broad SMARTS) is 1. The van der Waals surface area contributed by atoms with Crippen LogP contribution in [0.3, 0.4) is 0 Å². The molecule has 0 aromatic carbocycles. The number of hydrogen-bond donors (Lipinski definition) is 1. The van der Waals surface area contributed by atoms with Crippen LogP contribution in [0.25, 0.3) is 0 Å².